The van der Waals surface area contributed by atoms with E-state index in [2.05, 4.69) is 104 Å². The molecule has 66 heavy (non-hydrogen) atoms. The Morgan fingerprint density at radius 2 is 0.939 bits per heavy atom. The van der Waals surface area contributed by atoms with Crippen LogP contribution in [-0.4, -0.2) is 87.5 Å². The highest BCUT2D eigenvalue weighted by Crippen LogP contribution is 2.23. The summed E-state index contributed by atoms with van der Waals surface area (Å²) < 4.78 is 11.1. The summed E-state index contributed by atoms with van der Waals surface area (Å²) in [5.74, 6) is -0.189. The predicted molar refractivity (Wildman–Crippen MR) is 276 cm³/mol. The van der Waals surface area contributed by atoms with E-state index in [4.69, 9.17) is 9.47 Å². The fourth-order valence-corrected chi connectivity index (χ4v) is 7.71. The number of nitrogens with one attached hydrogen (secondary N) is 1. The van der Waals surface area contributed by atoms with Crippen LogP contribution in [-0.2, 0) is 14.3 Å². The zero-order valence-corrected chi connectivity index (χ0v) is 41.7. The predicted octanol–water partition coefficient (Wildman–Crippen LogP) is 12.5. The Kier molecular flexibility index (Phi) is 42.5. The number of hydrogen-bond donors (Lipinski definition) is 6. The Hall–Kier alpha value is -2.89. The van der Waals surface area contributed by atoms with Crippen molar-refractivity contribution < 1.29 is 39.8 Å². The molecule has 1 rings (SSSR count). The average molecular weight is 924 g/mol. The molecule has 0 aromatic carbocycles. The molecular weight excluding hydrogens is 827 g/mol. The Morgan fingerprint density at radius 3 is 1.38 bits per heavy atom. The fraction of sp³-hybridized carbons (Fsp3) is 0.702. The van der Waals surface area contributed by atoms with Gasteiger partial charge in [-0.25, -0.2) is 0 Å². The number of unbranched alkanes of at least 4 members (excludes halogenated alkanes) is 19. The first kappa shape index (κ1) is 61.1. The molecule has 7 unspecified atom stereocenters. The van der Waals surface area contributed by atoms with E-state index in [9.17, 15) is 30.3 Å². The lowest BCUT2D eigenvalue weighted by atomic mass is 9.99. The van der Waals surface area contributed by atoms with Crippen LogP contribution in [0.4, 0.5) is 0 Å². The number of carbonyl (C=O) groups is 1. The van der Waals surface area contributed by atoms with Crippen LogP contribution in [0.15, 0.2) is 97.2 Å². The maximum Gasteiger partial charge on any atom is 0.220 e. The third kappa shape index (κ3) is 35.3. The van der Waals surface area contributed by atoms with Gasteiger partial charge in [-0.3, -0.25) is 4.79 Å². The Bertz CT molecular complexity index is 1350. The lowest BCUT2D eigenvalue weighted by Crippen LogP contribution is -2.60. The minimum absolute atomic E-state index is 0.189. The number of aliphatic hydroxyl groups is 5. The topological polar surface area (TPSA) is 149 Å². The second-order valence-corrected chi connectivity index (χ2v) is 17.9. The molecule has 9 heteroatoms. The zero-order valence-electron chi connectivity index (χ0n) is 41.7. The standard InChI is InChI=1S/C57H97NO8/c1-3-5-7-9-10-11-12-13-14-15-16-17-18-19-20-21-22-23-24-25-26-27-28-29-30-31-32-33-34-35-36-37-38-39-40-41-42-43-45-47-53(61)58-50(51(60)46-44-8-6-4-2)49-65-57-56(64)55(63)54(62)52(48-59)66-57/h5,7,10-11,13-14,16-17,19-20,22-23,25-26,44,46,50-52,54-57,59-60,62-64H,3-4,6,8-9,12,15,18,21,24,27-43,45,47-49H2,1-2H3,(H,58,61)/b7-5-,11-10-,14-13-,17-16-,20-19-,23-22-,26-25-,46-44+. The van der Waals surface area contributed by atoms with Crippen LogP contribution in [0.5, 0.6) is 0 Å². The van der Waals surface area contributed by atoms with Crippen molar-refractivity contribution in [2.75, 3.05) is 13.2 Å². The zero-order chi connectivity index (χ0) is 48.0. The summed E-state index contributed by atoms with van der Waals surface area (Å²) in [5.41, 5.74) is 0. The van der Waals surface area contributed by atoms with Crippen molar-refractivity contribution in [3.63, 3.8) is 0 Å². The lowest BCUT2D eigenvalue weighted by Gasteiger charge is -2.40. The van der Waals surface area contributed by atoms with Crippen molar-refractivity contribution in [3.8, 4) is 0 Å². The third-order valence-electron chi connectivity index (χ3n) is 11.9. The number of aliphatic hydroxyl groups excluding tert-OH is 5. The molecule has 1 amide bonds. The average Bonchev–Trinajstić information content (AvgIpc) is 3.32. The van der Waals surface area contributed by atoms with Crippen LogP contribution in [0, 0.1) is 0 Å². The first-order chi connectivity index (χ1) is 32.3. The molecule has 1 aliphatic rings. The monoisotopic (exact) mass is 924 g/mol. The van der Waals surface area contributed by atoms with Crippen LogP contribution in [0.3, 0.4) is 0 Å². The lowest BCUT2D eigenvalue weighted by molar-refractivity contribution is -0.302. The number of carbonyl (C=O) groups excluding carboxylic acids is 1. The van der Waals surface area contributed by atoms with Crippen LogP contribution < -0.4 is 5.32 Å². The largest absolute Gasteiger partial charge is 0.394 e. The van der Waals surface area contributed by atoms with Crippen molar-refractivity contribution in [3.05, 3.63) is 97.2 Å². The number of allylic oxidation sites excluding steroid dienone is 15. The second kappa shape index (κ2) is 45.9. The molecule has 0 aromatic rings. The summed E-state index contributed by atoms with van der Waals surface area (Å²) in [6.45, 7) is 3.49. The molecule has 0 saturated carbocycles. The van der Waals surface area contributed by atoms with E-state index >= 15 is 0 Å². The van der Waals surface area contributed by atoms with Gasteiger partial charge in [-0.15, -0.1) is 0 Å². The van der Waals surface area contributed by atoms with Crippen molar-refractivity contribution >= 4 is 5.91 Å². The third-order valence-corrected chi connectivity index (χ3v) is 11.9. The van der Waals surface area contributed by atoms with Crippen LogP contribution in [0.2, 0.25) is 0 Å². The number of ether oxygens (including phenoxy) is 2. The fourth-order valence-electron chi connectivity index (χ4n) is 7.71. The molecule has 0 bridgehead atoms. The molecule has 0 aliphatic carbocycles. The normalized spacial score (nSPS) is 20.6. The Balaban J connectivity index is 1.98. The molecule has 1 saturated heterocycles. The van der Waals surface area contributed by atoms with Gasteiger partial charge >= 0.3 is 0 Å². The first-order valence-electron chi connectivity index (χ1n) is 26.5. The van der Waals surface area contributed by atoms with Crippen LogP contribution in [0.1, 0.15) is 200 Å². The van der Waals surface area contributed by atoms with E-state index in [1.165, 1.54) is 96.3 Å². The van der Waals surface area contributed by atoms with Gasteiger partial charge in [0.15, 0.2) is 6.29 Å². The van der Waals surface area contributed by atoms with E-state index < -0.39 is 49.5 Å². The number of hydrogen-bond acceptors (Lipinski definition) is 8. The van der Waals surface area contributed by atoms with Crippen molar-refractivity contribution in [2.45, 2.75) is 243 Å². The van der Waals surface area contributed by atoms with E-state index in [0.29, 0.717) is 6.42 Å². The smallest absolute Gasteiger partial charge is 0.220 e. The maximum atomic E-state index is 12.8. The molecule has 1 heterocycles. The second-order valence-electron chi connectivity index (χ2n) is 17.9. The Labute approximate surface area is 403 Å². The molecule has 1 aliphatic heterocycles. The van der Waals surface area contributed by atoms with E-state index in [1.54, 1.807) is 6.08 Å². The minimum atomic E-state index is -1.57. The van der Waals surface area contributed by atoms with Gasteiger partial charge in [0, 0.05) is 6.42 Å². The van der Waals surface area contributed by atoms with Crippen LogP contribution in [0.25, 0.3) is 0 Å². The summed E-state index contributed by atoms with van der Waals surface area (Å²) >= 11 is 0. The summed E-state index contributed by atoms with van der Waals surface area (Å²) in [5, 5.41) is 53.6. The van der Waals surface area contributed by atoms with E-state index in [0.717, 1.165) is 83.5 Å². The molecule has 7 atom stereocenters. The molecule has 1 fully saturated rings. The molecule has 9 nitrogen and oxygen atoms in total. The highest BCUT2D eigenvalue weighted by atomic mass is 16.7. The van der Waals surface area contributed by atoms with Gasteiger partial charge in [-0.2, -0.15) is 0 Å². The number of rotatable bonds is 43. The van der Waals surface area contributed by atoms with Crippen molar-refractivity contribution in [1.82, 2.24) is 5.32 Å². The molecule has 6 N–H and O–H groups in total. The Morgan fingerprint density at radius 1 is 0.530 bits per heavy atom. The SMILES string of the molecule is CC/C=C\C/C=C\C/C=C\C/C=C\C/C=C\C/C=C\C/C=C\CCCCCCCCCCCCCCCCCCCC(=O)NC(COC1OC(CO)C(O)C(O)C1O)C(O)/C=C/CCCC. The summed E-state index contributed by atoms with van der Waals surface area (Å²) in [7, 11) is 0. The highest BCUT2D eigenvalue weighted by Gasteiger charge is 2.44. The summed E-state index contributed by atoms with van der Waals surface area (Å²) in [4.78, 5) is 12.8. The van der Waals surface area contributed by atoms with Crippen molar-refractivity contribution in [2.24, 2.45) is 0 Å². The van der Waals surface area contributed by atoms with E-state index in [1.807, 2.05) is 6.08 Å². The minimum Gasteiger partial charge on any atom is -0.394 e. The van der Waals surface area contributed by atoms with Gasteiger partial charge in [0.1, 0.15) is 24.4 Å². The molecule has 378 valence electrons. The number of amides is 1. The molecule has 0 spiro atoms. The molecule has 0 radical (unpaired) electrons. The van der Waals surface area contributed by atoms with Gasteiger partial charge in [-0.05, 0) is 70.6 Å². The maximum absolute atomic E-state index is 12.8. The molecular formula is C57H97NO8. The van der Waals surface area contributed by atoms with Crippen LogP contribution >= 0.6 is 0 Å². The van der Waals surface area contributed by atoms with Gasteiger partial charge in [-0.1, -0.05) is 220 Å². The highest BCUT2D eigenvalue weighted by molar-refractivity contribution is 5.76. The van der Waals surface area contributed by atoms with E-state index in [-0.39, 0.29) is 12.5 Å². The van der Waals surface area contributed by atoms with Gasteiger partial charge < -0.3 is 40.3 Å². The molecule has 0 aromatic heterocycles. The summed E-state index contributed by atoms with van der Waals surface area (Å²) in [6, 6.07) is -0.803. The summed E-state index contributed by atoms with van der Waals surface area (Å²) in [6.07, 6.45) is 59.9. The van der Waals surface area contributed by atoms with Gasteiger partial charge in [0.2, 0.25) is 5.91 Å². The van der Waals surface area contributed by atoms with Gasteiger partial charge in [0.25, 0.3) is 0 Å². The quantitative estimate of drug-likeness (QED) is 0.0262. The first-order valence-corrected chi connectivity index (χ1v) is 26.5. The van der Waals surface area contributed by atoms with Crippen molar-refractivity contribution in [1.29, 1.82) is 0 Å². The van der Waals surface area contributed by atoms with Gasteiger partial charge in [0.05, 0.1) is 25.4 Å².